The molecule has 3 N–H and O–H groups in total. The third-order valence-corrected chi connectivity index (χ3v) is 4.19. The van der Waals surface area contributed by atoms with E-state index < -0.39 is 0 Å². The van der Waals surface area contributed by atoms with Crippen LogP contribution in [0.15, 0.2) is 71.3 Å². The van der Waals surface area contributed by atoms with Crippen LogP contribution in [-0.4, -0.2) is 10.9 Å². The second-order valence-corrected chi connectivity index (χ2v) is 6.20. The summed E-state index contributed by atoms with van der Waals surface area (Å²) in [6.45, 7) is 0. The van der Waals surface area contributed by atoms with Gasteiger partial charge in [-0.25, -0.2) is 0 Å². The van der Waals surface area contributed by atoms with E-state index in [0.29, 0.717) is 33.4 Å². The first-order valence-electron chi connectivity index (χ1n) is 7.91. The number of nitrogen functional groups attached to an aromatic ring is 1. The highest BCUT2D eigenvalue weighted by molar-refractivity contribution is 6.31. The van der Waals surface area contributed by atoms with Crippen LogP contribution in [0, 0.1) is 0 Å². The van der Waals surface area contributed by atoms with Crippen molar-refractivity contribution in [3.8, 4) is 11.5 Å². The predicted octanol–water partition coefficient (Wildman–Crippen LogP) is 4.98. The van der Waals surface area contributed by atoms with Crippen molar-refractivity contribution in [1.29, 1.82) is 0 Å². The van der Waals surface area contributed by atoms with Crippen LogP contribution in [0.1, 0.15) is 10.4 Å². The van der Waals surface area contributed by atoms with Crippen molar-refractivity contribution < 1.29 is 9.21 Å². The molecular weight excluding hydrogens is 350 g/mol. The van der Waals surface area contributed by atoms with Crippen LogP contribution < -0.4 is 11.1 Å². The Bertz CT molecular complexity index is 1070. The lowest BCUT2D eigenvalue weighted by molar-refractivity contribution is 0.102. The Hall–Kier alpha value is -3.31. The molecule has 0 saturated heterocycles. The molecule has 0 unspecified atom stereocenters. The van der Waals surface area contributed by atoms with Crippen molar-refractivity contribution in [3.05, 3.63) is 77.4 Å². The SMILES string of the molecule is Nc1cc(Cl)ccc1C(=O)Nc1ccc(-c2cc3ccccc3o2)nc1. The molecule has 0 aliphatic rings. The molecule has 5 nitrogen and oxygen atoms in total. The lowest BCUT2D eigenvalue weighted by Crippen LogP contribution is -2.14. The maximum atomic E-state index is 12.3. The number of furan rings is 1. The van der Waals surface area contributed by atoms with Gasteiger partial charge in [-0.1, -0.05) is 29.8 Å². The fourth-order valence-electron chi connectivity index (χ4n) is 2.66. The number of para-hydroxylation sites is 1. The van der Waals surface area contributed by atoms with Crippen molar-refractivity contribution in [2.24, 2.45) is 0 Å². The molecule has 26 heavy (non-hydrogen) atoms. The van der Waals surface area contributed by atoms with Gasteiger partial charge in [0.15, 0.2) is 5.76 Å². The zero-order valence-electron chi connectivity index (χ0n) is 13.6. The van der Waals surface area contributed by atoms with Crippen molar-refractivity contribution >= 4 is 39.9 Å². The second kappa shape index (κ2) is 6.54. The average molecular weight is 364 g/mol. The summed E-state index contributed by atoms with van der Waals surface area (Å²) in [5.74, 6) is 0.350. The van der Waals surface area contributed by atoms with E-state index in [1.165, 1.54) is 0 Å². The number of nitrogens with one attached hydrogen (secondary N) is 1. The molecule has 2 aromatic carbocycles. The van der Waals surface area contributed by atoms with Gasteiger partial charge in [0.1, 0.15) is 11.3 Å². The van der Waals surface area contributed by atoms with Gasteiger partial charge in [-0.05, 0) is 42.5 Å². The Morgan fingerprint density at radius 2 is 1.92 bits per heavy atom. The molecule has 6 heteroatoms. The highest BCUT2D eigenvalue weighted by atomic mass is 35.5. The Morgan fingerprint density at radius 1 is 1.08 bits per heavy atom. The van der Waals surface area contributed by atoms with Crippen LogP contribution in [0.5, 0.6) is 0 Å². The maximum Gasteiger partial charge on any atom is 0.257 e. The van der Waals surface area contributed by atoms with E-state index in [1.807, 2.05) is 30.3 Å². The van der Waals surface area contributed by atoms with Gasteiger partial charge >= 0.3 is 0 Å². The normalized spacial score (nSPS) is 10.8. The van der Waals surface area contributed by atoms with E-state index in [1.54, 1.807) is 36.5 Å². The zero-order valence-corrected chi connectivity index (χ0v) is 14.3. The molecule has 0 atom stereocenters. The largest absolute Gasteiger partial charge is 0.454 e. The summed E-state index contributed by atoms with van der Waals surface area (Å²) in [5, 5.41) is 4.26. The Labute approximate surface area is 154 Å². The van der Waals surface area contributed by atoms with E-state index in [4.69, 9.17) is 21.8 Å². The fraction of sp³-hybridized carbons (Fsp3) is 0. The van der Waals surface area contributed by atoms with Crippen molar-refractivity contribution in [3.63, 3.8) is 0 Å². The number of hydrogen-bond donors (Lipinski definition) is 2. The first kappa shape index (κ1) is 16.2. The van der Waals surface area contributed by atoms with Crippen LogP contribution in [0.25, 0.3) is 22.4 Å². The van der Waals surface area contributed by atoms with Gasteiger partial charge in [0.25, 0.3) is 5.91 Å². The number of hydrogen-bond acceptors (Lipinski definition) is 4. The number of nitrogens with two attached hydrogens (primary N) is 1. The van der Waals surface area contributed by atoms with Gasteiger partial charge < -0.3 is 15.5 Å². The molecule has 128 valence electrons. The number of nitrogens with zero attached hydrogens (tertiary/aromatic N) is 1. The average Bonchev–Trinajstić information content (AvgIpc) is 3.06. The molecule has 2 heterocycles. The minimum Gasteiger partial charge on any atom is -0.454 e. The molecule has 0 aliphatic carbocycles. The number of pyridine rings is 1. The Balaban J connectivity index is 1.55. The summed E-state index contributed by atoms with van der Waals surface area (Å²) < 4.78 is 5.79. The Morgan fingerprint density at radius 3 is 2.65 bits per heavy atom. The summed E-state index contributed by atoms with van der Waals surface area (Å²) in [6, 6.07) is 18.0. The lowest BCUT2D eigenvalue weighted by atomic mass is 10.1. The number of anilines is 2. The van der Waals surface area contributed by atoms with E-state index in [-0.39, 0.29) is 5.91 Å². The number of benzene rings is 2. The second-order valence-electron chi connectivity index (χ2n) is 5.77. The number of halogens is 1. The lowest BCUT2D eigenvalue weighted by Gasteiger charge is -2.08. The van der Waals surface area contributed by atoms with Crippen LogP contribution >= 0.6 is 11.6 Å². The van der Waals surface area contributed by atoms with Crippen LogP contribution in [0.3, 0.4) is 0 Å². The number of amides is 1. The molecule has 0 bridgehead atoms. The number of carbonyl (C=O) groups excluding carboxylic acids is 1. The highest BCUT2D eigenvalue weighted by Gasteiger charge is 2.12. The molecule has 0 fully saturated rings. The van der Waals surface area contributed by atoms with Gasteiger partial charge in [-0.2, -0.15) is 0 Å². The molecule has 0 radical (unpaired) electrons. The molecule has 4 rings (SSSR count). The summed E-state index contributed by atoms with van der Waals surface area (Å²) in [5.41, 5.74) is 8.57. The minimum atomic E-state index is -0.322. The number of carbonyl (C=O) groups is 1. The molecular formula is C20H14ClN3O2. The molecule has 4 aromatic rings. The first-order valence-corrected chi connectivity index (χ1v) is 8.29. The van der Waals surface area contributed by atoms with Gasteiger partial charge in [0, 0.05) is 16.1 Å². The van der Waals surface area contributed by atoms with Gasteiger partial charge in [0.05, 0.1) is 17.4 Å². The van der Waals surface area contributed by atoms with Crippen molar-refractivity contribution in [2.75, 3.05) is 11.1 Å². The smallest absolute Gasteiger partial charge is 0.257 e. The summed E-state index contributed by atoms with van der Waals surface area (Å²) in [4.78, 5) is 16.7. The first-order chi connectivity index (χ1) is 12.6. The van der Waals surface area contributed by atoms with Crippen molar-refractivity contribution in [1.82, 2.24) is 4.98 Å². The zero-order chi connectivity index (χ0) is 18.1. The van der Waals surface area contributed by atoms with Crippen molar-refractivity contribution in [2.45, 2.75) is 0 Å². The van der Waals surface area contributed by atoms with Crippen LogP contribution in [-0.2, 0) is 0 Å². The molecule has 1 amide bonds. The summed E-state index contributed by atoms with van der Waals surface area (Å²) in [6.07, 6.45) is 1.58. The molecule has 2 aromatic heterocycles. The standard InChI is InChI=1S/C20H14ClN3O2/c21-13-5-7-15(16(22)10-13)20(25)24-14-6-8-17(23-11-14)19-9-12-3-1-2-4-18(12)26-19/h1-11H,22H2,(H,24,25). The van der Waals surface area contributed by atoms with E-state index in [9.17, 15) is 4.79 Å². The molecule has 0 spiro atoms. The highest BCUT2D eigenvalue weighted by Crippen LogP contribution is 2.27. The third-order valence-electron chi connectivity index (χ3n) is 3.96. The monoisotopic (exact) mass is 363 g/mol. The third kappa shape index (κ3) is 3.12. The maximum absolute atomic E-state index is 12.3. The van der Waals surface area contributed by atoms with Gasteiger partial charge in [-0.15, -0.1) is 0 Å². The fourth-order valence-corrected chi connectivity index (χ4v) is 2.84. The molecule has 0 aliphatic heterocycles. The molecule has 0 saturated carbocycles. The Kier molecular flexibility index (Phi) is 4.07. The van der Waals surface area contributed by atoms with E-state index >= 15 is 0 Å². The van der Waals surface area contributed by atoms with E-state index in [0.717, 1.165) is 11.0 Å². The van der Waals surface area contributed by atoms with Gasteiger partial charge in [0.2, 0.25) is 0 Å². The van der Waals surface area contributed by atoms with E-state index in [2.05, 4.69) is 10.3 Å². The van der Waals surface area contributed by atoms with Crippen LogP contribution in [0.4, 0.5) is 11.4 Å². The number of fused-ring (bicyclic) bond motifs is 1. The van der Waals surface area contributed by atoms with Gasteiger partial charge in [-0.3, -0.25) is 9.78 Å². The predicted molar refractivity (Wildman–Crippen MR) is 103 cm³/mol. The van der Waals surface area contributed by atoms with Crippen LogP contribution in [0.2, 0.25) is 5.02 Å². The topological polar surface area (TPSA) is 81.2 Å². The summed E-state index contributed by atoms with van der Waals surface area (Å²) in [7, 11) is 0. The summed E-state index contributed by atoms with van der Waals surface area (Å²) >= 11 is 5.86. The minimum absolute atomic E-state index is 0.321. The number of rotatable bonds is 3. The quantitative estimate of drug-likeness (QED) is 0.503. The number of aromatic nitrogens is 1.